The summed E-state index contributed by atoms with van der Waals surface area (Å²) in [5, 5.41) is 0. The molecule has 0 radical (unpaired) electrons. The van der Waals surface area contributed by atoms with Gasteiger partial charge in [-0.1, -0.05) is 12.1 Å². The van der Waals surface area contributed by atoms with Crippen LogP contribution in [0.2, 0.25) is 0 Å². The summed E-state index contributed by atoms with van der Waals surface area (Å²) < 4.78 is 45.5. The average Bonchev–Trinajstić information content (AvgIpc) is 3.05. The van der Waals surface area contributed by atoms with Crippen molar-refractivity contribution in [2.24, 2.45) is 0 Å². The highest BCUT2D eigenvalue weighted by atomic mass is 19.4. The third-order valence-corrected chi connectivity index (χ3v) is 4.45. The van der Waals surface area contributed by atoms with Crippen molar-refractivity contribution in [3.05, 3.63) is 54.1 Å². The number of ether oxygens (including phenoxy) is 1. The molecule has 1 saturated heterocycles. The van der Waals surface area contributed by atoms with Crippen molar-refractivity contribution in [2.75, 3.05) is 26.3 Å². The normalized spacial score (nSPS) is 16.3. The number of morpholine rings is 1. The molecule has 5 nitrogen and oxygen atoms in total. The van der Waals surface area contributed by atoms with Crippen molar-refractivity contribution in [1.29, 1.82) is 0 Å². The fourth-order valence-electron chi connectivity index (χ4n) is 3.04. The molecule has 0 unspecified atom stereocenters. The van der Waals surface area contributed by atoms with E-state index in [2.05, 4.69) is 14.9 Å². The lowest BCUT2D eigenvalue weighted by Gasteiger charge is -2.26. The van der Waals surface area contributed by atoms with Crippen molar-refractivity contribution in [2.45, 2.75) is 12.7 Å². The van der Waals surface area contributed by atoms with Crippen LogP contribution in [0.15, 0.2) is 42.9 Å². The van der Waals surface area contributed by atoms with Crippen molar-refractivity contribution in [3.63, 3.8) is 0 Å². The van der Waals surface area contributed by atoms with Gasteiger partial charge < -0.3 is 4.74 Å². The summed E-state index contributed by atoms with van der Waals surface area (Å²) in [7, 11) is 0. The van der Waals surface area contributed by atoms with Gasteiger partial charge in [-0.2, -0.15) is 13.2 Å². The molecule has 26 heavy (non-hydrogen) atoms. The van der Waals surface area contributed by atoms with Gasteiger partial charge in [-0.05, 0) is 12.1 Å². The molecule has 0 aliphatic carbocycles. The van der Waals surface area contributed by atoms with Crippen LogP contribution in [0.4, 0.5) is 13.2 Å². The molecule has 0 amide bonds. The predicted molar refractivity (Wildman–Crippen MR) is 89.5 cm³/mol. The monoisotopic (exact) mass is 362 g/mol. The fourth-order valence-corrected chi connectivity index (χ4v) is 3.04. The number of aromatic nitrogens is 3. The molecule has 0 bridgehead atoms. The number of imidazole rings is 1. The first-order valence-corrected chi connectivity index (χ1v) is 8.30. The number of nitrogens with zero attached hydrogens (tertiary/aromatic N) is 4. The maximum absolute atomic E-state index is 12.8. The number of halogens is 3. The maximum atomic E-state index is 12.8. The lowest BCUT2D eigenvalue weighted by Crippen LogP contribution is -2.35. The molecule has 1 fully saturated rings. The smallest absolute Gasteiger partial charge is 0.379 e. The van der Waals surface area contributed by atoms with Gasteiger partial charge in [0.25, 0.3) is 0 Å². The Morgan fingerprint density at radius 2 is 1.73 bits per heavy atom. The summed E-state index contributed by atoms with van der Waals surface area (Å²) in [6.07, 6.45) is 0.888. The van der Waals surface area contributed by atoms with Crippen LogP contribution in [0, 0.1) is 0 Å². The van der Waals surface area contributed by atoms with Crippen molar-refractivity contribution in [1.82, 2.24) is 19.3 Å². The highest BCUT2D eigenvalue weighted by Gasteiger charge is 2.30. The van der Waals surface area contributed by atoms with E-state index in [-0.39, 0.29) is 0 Å². The van der Waals surface area contributed by atoms with E-state index < -0.39 is 11.7 Å². The van der Waals surface area contributed by atoms with Gasteiger partial charge in [-0.15, -0.1) is 0 Å². The molecule has 3 heterocycles. The number of rotatable bonds is 3. The number of hydrogen-bond acceptors (Lipinski definition) is 4. The highest BCUT2D eigenvalue weighted by molar-refractivity contribution is 5.63. The molecule has 2 aromatic heterocycles. The van der Waals surface area contributed by atoms with E-state index in [1.165, 1.54) is 12.1 Å². The van der Waals surface area contributed by atoms with Gasteiger partial charge in [0.05, 0.1) is 42.6 Å². The topological polar surface area (TPSA) is 42.7 Å². The minimum atomic E-state index is -4.34. The third kappa shape index (κ3) is 3.42. The Bertz CT molecular complexity index is 899. The summed E-state index contributed by atoms with van der Waals surface area (Å²) in [6, 6.07) is 5.11. The molecule has 4 rings (SSSR count). The quantitative estimate of drug-likeness (QED) is 0.717. The van der Waals surface area contributed by atoms with Crippen LogP contribution in [0.1, 0.15) is 11.3 Å². The Balaban J connectivity index is 1.64. The third-order valence-electron chi connectivity index (χ3n) is 4.45. The second kappa shape index (κ2) is 6.69. The average molecular weight is 362 g/mol. The Kier molecular flexibility index (Phi) is 4.37. The molecule has 3 aromatic rings. The number of alkyl halides is 3. The number of fused-ring (bicyclic) bond motifs is 1. The predicted octanol–water partition coefficient (Wildman–Crippen LogP) is 3.25. The summed E-state index contributed by atoms with van der Waals surface area (Å²) in [6.45, 7) is 3.84. The van der Waals surface area contributed by atoms with Crippen molar-refractivity contribution >= 4 is 5.65 Å². The van der Waals surface area contributed by atoms with Crippen molar-refractivity contribution in [3.8, 4) is 11.3 Å². The summed E-state index contributed by atoms with van der Waals surface area (Å²) in [5.74, 6) is 0. The van der Waals surface area contributed by atoms with E-state index in [9.17, 15) is 13.2 Å². The molecule has 8 heteroatoms. The SMILES string of the molecule is FC(F)(F)c1ccc(-c2cnc3cnc(CN4CCOCC4)cn23)cc1. The lowest BCUT2D eigenvalue weighted by molar-refractivity contribution is -0.137. The Labute approximate surface area is 148 Å². The zero-order chi connectivity index (χ0) is 18.1. The van der Waals surface area contributed by atoms with Crippen LogP contribution in [0.25, 0.3) is 16.9 Å². The molecule has 0 N–H and O–H groups in total. The fraction of sp³-hybridized carbons (Fsp3) is 0.333. The van der Waals surface area contributed by atoms with E-state index in [0.717, 1.165) is 36.6 Å². The van der Waals surface area contributed by atoms with Crippen LogP contribution in [-0.2, 0) is 17.5 Å². The van der Waals surface area contributed by atoms with E-state index in [1.54, 1.807) is 12.4 Å². The van der Waals surface area contributed by atoms with Crippen LogP contribution in [0.3, 0.4) is 0 Å². The Hall–Kier alpha value is -2.45. The van der Waals surface area contributed by atoms with Gasteiger partial charge >= 0.3 is 6.18 Å². The van der Waals surface area contributed by atoms with E-state index >= 15 is 0 Å². The first-order chi connectivity index (χ1) is 12.5. The zero-order valence-corrected chi connectivity index (χ0v) is 13.9. The van der Waals surface area contributed by atoms with Gasteiger partial charge in [-0.25, -0.2) is 4.98 Å². The first-order valence-electron chi connectivity index (χ1n) is 8.30. The molecule has 136 valence electrons. The lowest BCUT2D eigenvalue weighted by atomic mass is 10.1. The van der Waals surface area contributed by atoms with Crippen LogP contribution in [0.5, 0.6) is 0 Å². The Morgan fingerprint density at radius 3 is 2.42 bits per heavy atom. The van der Waals surface area contributed by atoms with Gasteiger partial charge in [-0.3, -0.25) is 14.3 Å². The molecular formula is C18H17F3N4O. The zero-order valence-electron chi connectivity index (χ0n) is 13.9. The highest BCUT2D eigenvalue weighted by Crippen LogP contribution is 2.31. The molecule has 0 spiro atoms. The summed E-state index contributed by atoms with van der Waals surface area (Å²) >= 11 is 0. The molecule has 1 aromatic carbocycles. The number of hydrogen-bond donors (Lipinski definition) is 0. The summed E-state index contributed by atoms with van der Waals surface area (Å²) in [4.78, 5) is 11.0. The van der Waals surface area contributed by atoms with Gasteiger partial charge in [0, 0.05) is 31.4 Å². The largest absolute Gasteiger partial charge is 0.416 e. The maximum Gasteiger partial charge on any atom is 0.416 e. The van der Waals surface area contributed by atoms with E-state index in [0.29, 0.717) is 31.0 Å². The van der Waals surface area contributed by atoms with E-state index in [1.807, 2.05) is 10.6 Å². The Morgan fingerprint density at radius 1 is 1.00 bits per heavy atom. The van der Waals surface area contributed by atoms with E-state index in [4.69, 9.17) is 4.74 Å². The van der Waals surface area contributed by atoms with Crippen LogP contribution < -0.4 is 0 Å². The molecule has 0 saturated carbocycles. The molecule has 0 atom stereocenters. The number of benzene rings is 1. The van der Waals surface area contributed by atoms with Crippen LogP contribution >= 0.6 is 0 Å². The van der Waals surface area contributed by atoms with Crippen molar-refractivity contribution < 1.29 is 17.9 Å². The minimum Gasteiger partial charge on any atom is -0.379 e. The molecular weight excluding hydrogens is 345 g/mol. The van der Waals surface area contributed by atoms with Gasteiger partial charge in [0.1, 0.15) is 0 Å². The van der Waals surface area contributed by atoms with Gasteiger partial charge in [0.2, 0.25) is 0 Å². The minimum absolute atomic E-state index is 0.658. The second-order valence-electron chi connectivity index (χ2n) is 6.21. The summed E-state index contributed by atoms with van der Waals surface area (Å²) in [5.41, 5.74) is 2.29. The second-order valence-corrected chi connectivity index (χ2v) is 6.21. The first kappa shape index (κ1) is 17.0. The van der Waals surface area contributed by atoms with Gasteiger partial charge in [0.15, 0.2) is 5.65 Å². The molecule has 1 aliphatic heterocycles. The standard InChI is InChI=1S/C18H17F3N4O/c19-18(20,21)14-3-1-13(2-4-14)16-9-23-17-10-22-15(12-25(16)17)11-24-5-7-26-8-6-24/h1-4,9-10,12H,5-8,11H2. The molecule has 1 aliphatic rings. The van der Waals surface area contributed by atoms with Crippen LogP contribution in [-0.4, -0.2) is 45.6 Å².